The van der Waals surface area contributed by atoms with Gasteiger partial charge in [0.15, 0.2) is 0 Å². The van der Waals surface area contributed by atoms with E-state index in [2.05, 4.69) is 0 Å². The first kappa shape index (κ1) is 11.9. The molecule has 0 unspecified atom stereocenters. The summed E-state index contributed by atoms with van der Waals surface area (Å²) in [7, 11) is 0. The molecular formula is C10H13ClO2S. The van der Waals surface area contributed by atoms with Gasteiger partial charge in [-0.1, -0.05) is 17.7 Å². The van der Waals surface area contributed by atoms with Crippen LogP contribution in [0.5, 0.6) is 0 Å². The van der Waals surface area contributed by atoms with Crippen molar-refractivity contribution in [2.24, 2.45) is 0 Å². The number of ether oxygens (including phenoxy) is 1. The monoisotopic (exact) mass is 232 g/mol. The molecule has 0 saturated carbocycles. The van der Waals surface area contributed by atoms with Gasteiger partial charge in [0.1, 0.15) is 0 Å². The van der Waals surface area contributed by atoms with Crippen molar-refractivity contribution < 1.29 is 9.84 Å². The minimum Gasteiger partial charge on any atom is -0.394 e. The summed E-state index contributed by atoms with van der Waals surface area (Å²) in [4.78, 5) is 1.14. The van der Waals surface area contributed by atoms with E-state index >= 15 is 0 Å². The van der Waals surface area contributed by atoms with E-state index in [1.807, 2.05) is 24.3 Å². The fraction of sp³-hybridized carbons (Fsp3) is 0.400. The zero-order valence-corrected chi connectivity index (χ0v) is 9.35. The maximum absolute atomic E-state index is 8.47. The van der Waals surface area contributed by atoms with Gasteiger partial charge < -0.3 is 9.84 Å². The molecule has 1 N–H and O–H groups in total. The lowest BCUT2D eigenvalue weighted by atomic mass is 10.4. The van der Waals surface area contributed by atoms with Crippen molar-refractivity contribution in [3.8, 4) is 0 Å². The molecule has 1 rings (SSSR count). The Morgan fingerprint density at radius 1 is 1.36 bits per heavy atom. The quantitative estimate of drug-likeness (QED) is 0.604. The highest BCUT2D eigenvalue weighted by Crippen LogP contribution is 2.21. The SMILES string of the molecule is OCCOCCSc1cccc(Cl)c1. The summed E-state index contributed by atoms with van der Waals surface area (Å²) >= 11 is 7.52. The number of thioether (sulfide) groups is 1. The summed E-state index contributed by atoms with van der Waals surface area (Å²) < 4.78 is 5.13. The summed E-state index contributed by atoms with van der Waals surface area (Å²) in [5, 5.41) is 9.23. The molecule has 78 valence electrons. The smallest absolute Gasteiger partial charge is 0.0698 e. The molecule has 0 aliphatic heterocycles. The van der Waals surface area contributed by atoms with Crippen LogP contribution in [0.15, 0.2) is 29.2 Å². The maximum atomic E-state index is 8.47. The van der Waals surface area contributed by atoms with Crippen LogP contribution in [0.2, 0.25) is 5.02 Å². The fourth-order valence-corrected chi connectivity index (χ4v) is 2.02. The zero-order chi connectivity index (χ0) is 10.2. The lowest BCUT2D eigenvalue weighted by molar-refractivity contribution is 0.103. The van der Waals surface area contributed by atoms with E-state index in [-0.39, 0.29) is 6.61 Å². The lowest BCUT2D eigenvalue weighted by Crippen LogP contribution is -2.02. The first-order valence-electron chi connectivity index (χ1n) is 4.40. The molecule has 0 amide bonds. The van der Waals surface area contributed by atoms with E-state index in [9.17, 15) is 0 Å². The number of hydrogen-bond donors (Lipinski definition) is 1. The van der Waals surface area contributed by atoms with E-state index in [0.29, 0.717) is 13.2 Å². The van der Waals surface area contributed by atoms with Gasteiger partial charge in [-0.05, 0) is 18.2 Å². The minimum atomic E-state index is 0.0852. The number of benzene rings is 1. The van der Waals surface area contributed by atoms with Crippen LogP contribution in [-0.2, 0) is 4.74 Å². The number of aliphatic hydroxyl groups excluding tert-OH is 1. The van der Waals surface area contributed by atoms with Crippen LogP contribution in [0.4, 0.5) is 0 Å². The number of hydrogen-bond acceptors (Lipinski definition) is 3. The third kappa shape index (κ3) is 4.86. The molecule has 0 heterocycles. The summed E-state index contributed by atoms with van der Waals surface area (Å²) in [6.45, 7) is 1.15. The molecule has 0 saturated heterocycles. The standard InChI is InChI=1S/C10H13ClO2S/c11-9-2-1-3-10(8-9)14-7-6-13-5-4-12/h1-3,8,12H,4-7H2. The van der Waals surface area contributed by atoms with E-state index in [4.69, 9.17) is 21.4 Å². The molecule has 0 radical (unpaired) electrons. The highest BCUT2D eigenvalue weighted by Gasteiger charge is 1.94. The summed E-state index contributed by atoms with van der Waals surface area (Å²) in [6, 6.07) is 7.73. The average molecular weight is 233 g/mol. The van der Waals surface area contributed by atoms with E-state index in [0.717, 1.165) is 15.7 Å². The van der Waals surface area contributed by atoms with Gasteiger partial charge in [-0.15, -0.1) is 11.8 Å². The topological polar surface area (TPSA) is 29.5 Å². The van der Waals surface area contributed by atoms with Gasteiger partial charge in [0.25, 0.3) is 0 Å². The maximum Gasteiger partial charge on any atom is 0.0698 e. The van der Waals surface area contributed by atoms with Crippen molar-refractivity contribution in [3.05, 3.63) is 29.3 Å². The Balaban J connectivity index is 2.18. The van der Waals surface area contributed by atoms with Crippen LogP contribution >= 0.6 is 23.4 Å². The number of halogens is 1. The molecule has 0 aliphatic rings. The summed E-state index contributed by atoms with van der Waals surface area (Å²) in [6.07, 6.45) is 0. The van der Waals surface area contributed by atoms with Gasteiger partial charge in [0.2, 0.25) is 0 Å². The minimum absolute atomic E-state index is 0.0852. The van der Waals surface area contributed by atoms with E-state index in [1.165, 1.54) is 0 Å². The van der Waals surface area contributed by atoms with Crippen LogP contribution in [0.3, 0.4) is 0 Å². The molecule has 4 heteroatoms. The Kier molecular flexibility index (Phi) is 6.03. The van der Waals surface area contributed by atoms with Crippen molar-refractivity contribution in [3.63, 3.8) is 0 Å². The van der Waals surface area contributed by atoms with Crippen LogP contribution < -0.4 is 0 Å². The largest absolute Gasteiger partial charge is 0.394 e. The Bertz CT molecular complexity index is 268. The molecular weight excluding hydrogens is 220 g/mol. The Labute approximate surface area is 93.2 Å². The molecule has 1 aromatic rings. The molecule has 0 fully saturated rings. The molecule has 0 atom stereocenters. The normalized spacial score (nSPS) is 10.4. The van der Waals surface area contributed by atoms with E-state index < -0.39 is 0 Å². The van der Waals surface area contributed by atoms with Crippen LogP contribution in [0.25, 0.3) is 0 Å². The Morgan fingerprint density at radius 3 is 2.93 bits per heavy atom. The predicted molar refractivity (Wildman–Crippen MR) is 60.1 cm³/mol. The van der Waals surface area contributed by atoms with Crippen molar-refractivity contribution in [2.45, 2.75) is 4.90 Å². The third-order valence-corrected chi connectivity index (χ3v) is 2.72. The average Bonchev–Trinajstić information content (AvgIpc) is 2.18. The summed E-state index contributed by atoms with van der Waals surface area (Å²) in [5.74, 6) is 0.875. The van der Waals surface area contributed by atoms with Crippen LogP contribution in [-0.4, -0.2) is 30.7 Å². The number of rotatable bonds is 6. The molecule has 14 heavy (non-hydrogen) atoms. The molecule has 0 aliphatic carbocycles. The molecule has 2 nitrogen and oxygen atoms in total. The van der Waals surface area contributed by atoms with Gasteiger partial charge in [0.05, 0.1) is 19.8 Å². The highest BCUT2D eigenvalue weighted by atomic mass is 35.5. The second-order valence-electron chi connectivity index (χ2n) is 2.64. The highest BCUT2D eigenvalue weighted by molar-refractivity contribution is 7.99. The second kappa shape index (κ2) is 7.12. The van der Waals surface area contributed by atoms with Crippen LogP contribution in [0, 0.1) is 0 Å². The first-order valence-corrected chi connectivity index (χ1v) is 5.76. The van der Waals surface area contributed by atoms with Crippen molar-refractivity contribution >= 4 is 23.4 Å². The zero-order valence-electron chi connectivity index (χ0n) is 7.78. The van der Waals surface area contributed by atoms with Gasteiger partial charge >= 0.3 is 0 Å². The Morgan fingerprint density at radius 2 is 2.21 bits per heavy atom. The second-order valence-corrected chi connectivity index (χ2v) is 4.25. The van der Waals surface area contributed by atoms with Crippen molar-refractivity contribution in [1.29, 1.82) is 0 Å². The van der Waals surface area contributed by atoms with Gasteiger partial charge in [-0.3, -0.25) is 0 Å². The van der Waals surface area contributed by atoms with Crippen molar-refractivity contribution in [1.82, 2.24) is 0 Å². The lowest BCUT2D eigenvalue weighted by Gasteiger charge is -2.02. The Hall–Kier alpha value is -0.220. The van der Waals surface area contributed by atoms with Gasteiger partial charge in [-0.2, -0.15) is 0 Å². The molecule has 0 bridgehead atoms. The molecule has 0 aromatic heterocycles. The van der Waals surface area contributed by atoms with Crippen LogP contribution in [0.1, 0.15) is 0 Å². The molecule has 0 spiro atoms. The first-order chi connectivity index (χ1) is 6.83. The predicted octanol–water partition coefficient (Wildman–Crippen LogP) is 2.44. The number of aliphatic hydroxyl groups is 1. The van der Waals surface area contributed by atoms with E-state index in [1.54, 1.807) is 11.8 Å². The summed E-state index contributed by atoms with van der Waals surface area (Å²) in [5.41, 5.74) is 0. The van der Waals surface area contributed by atoms with Gasteiger partial charge in [0, 0.05) is 15.7 Å². The van der Waals surface area contributed by atoms with Gasteiger partial charge in [-0.25, -0.2) is 0 Å². The fourth-order valence-electron chi connectivity index (χ4n) is 0.942. The third-order valence-electron chi connectivity index (χ3n) is 1.53. The molecule has 1 aromatic carbocycles. The van der Waals surface area contributed by atoms with Crippen molar-refractivity contribution in [2.75, 3.05) is 25.6 Å².